The molecule has 30 heavy (non-hydrogen) atoms. The maximum Gasteiger partial charge on any atom is 0.300 e. The molecule has 2 aromatic heterocycles. The number of unbranched alkanes of at least 4 members (excludes halogenated alkanes) is 1. The highest BCUT2D eigenvalue weighted by Crippen LogP contribution is 2.40. The molecule has 0 bridgehead atoms. The number of nitrogens with one attached hydrogen (secondary N) is 2. The van der Waals surface area contributed by atoms with Gasteiger partial charge in [-0.2, -0.15) is 12.8 Å². The molecule has 0 aliphatic heterocycles. The number of halogens is 1. The van der Waals surface area contributed by atoms with E-state index in [4.69, 9.17) is 0 Å². The number of aromatic nitrogens is 2. The fourth-order valence-corrected chi connectivity index (χ4v) is 4.80. The number of hydrogen-bond acceptors (Lipinski definition) is 5. The molecular weight excluding hydrogens is 409 g/mol. The van der Waals surface area contributed by atoms with Gasteiger partial charge in [-0.3, -0.25) is 4.79 Å². The Kier molecular flexibility index (Phi) is 5.44. The number of sulfonamides is 1. The monoisotopic (exact) mass is 431 g/mol. The van der Waals surface area contributed by atoms with Crippen LogP contribution in [0.2, 0.25) is 0 Å². The number of nitrogens with zero attached hydrogens (tertiary/aromatic N) is 1. The van der Waals surface area contributed by atoms with Gasteiger partial charge in [0.2, 0.25) is 0 Å². The number of fused-ring (bicyclic) bond motifs is 1. The molecule has 9 heteroatoms. The van der Waals surface area contributed by atoms with Crippen molar-refractivity contribution >= 4 is 32.5 Å². The van der Waals surface area contributed by atoms with Crippen LogP contribution in [0.25, 0.3) is 11.0 Å². The summed E-state index contributed by atoms with van der Waals surface area (Å²) in [6.07, 6.45) is 6.28. The van der Waals surface area contributed by atoms with Gasteiger partial charge in [-0.25, -0.2) is 9.45 Å². The molecule has 1 saturated carbocycles. The maximum atomic E-state index is 15.1. The van der Waals surface area contributed by atoms with Crippen LogP contribution in [-0.2, 0) is 10.0 Å². The summed E-state index contributed by atoms with van der Waals surface area (Å²) < 4.78 is 38.3. The Bertz CT molecular complexity index is 1220. The first-order chi connectivity index (χ1) is 14.3. The summed E-state index contributed by atoms with van der Waals surface area (Å²) in [5.74, 6) is -1.66. The number of carbonyl (C=O) groups is 1. The van der Waals surface area contributed by atoms with E-state index in [1.165, 1.54) is 18.3 Å². The summed E-state index contributed by atoms with van der Waals surface area (Å²) in [4.78, 5) is 20.3. The summed E-state index contributed by atoms with van der Waals surface area (Å²) in [5.41, 5.74) is 0.829. The summed E-state index contributed by atoms with van der Waals surface area (Å²) >= 11 is 0. The molecule has 3 aromatic rings. The predicted molar refractivity (Wildman–Crippen MR) is 111 cm³/mol. The largest absolute Gasteiger partial charge is 0.613 e. The van der Waals surface area contributed by atoms with E-state index in [0.29, 0.717) is 29.8 Å². The third-order valence-corrected chi connectivity index (χ3v) is 6.97. The van der Waals surface area contributed by atoms with E-state index in [1.54, 1.807) is 13.1 Å². The number of pyridine rings is 1. The molecule has 1 unspecified atom stereocenters. The van der Waals surface area contributed by atoms with Crippen molar-refractivity contribution in [1.29, 1.82) is 0 Å². The zero-order chi connectivity index (χ0) is 21.5. The zero-order valence-corrected chi connectivity index (χ0v) is 17.3. The highest BCUT2D eigenvalue weighted by Gasteiger charge is 2.29. The molecule has 158 valence electrons. The molecule has 2 N–H and O–H groups in total. The Balaban J connectivity index is 1.71. The van der Waals surface area contributed by atoms with E-state index >= 15 is 4.39 Å². The van der Waals surface area contributed by atoms with E-state index < -0.39 is 31.8 Å². The van der Waals surface area contributed by atoms with Crippen molar-refractivity contribution in [1.82, 2.24) is 9.97 Å². The Morgan fingerprint density at radius 2 is 2.10 bits per heavy atom. The minimum Gasteiger partial charge on any atom is -0.613 e. The zero-order valence-electron chi connectivity index (χ0n) is 16.4. The summed E-state index contributed by atoms with van der Waals surface area (Å²) in [5, 5.41) is 13.0. The second-order valence-corrected chi connectivity index (χ2v) is 9.61. The molecular formula is C21H22FN3O4S. The van der Waals surface area contributed by atoms with Crippen LogP contribution in [-0.4, -0.2) is 29.9 Å². The van der Waals surface area contributed by atoms with Crippen molar-refractivity contribution < 1.29 is 22.1 Å². The standard InChI is InChI=1S/C21H22FN3O4S/c1-2-3-9-30(28,29)25(27)18-6-4-5-15(19(18)22)20(26)17-12-24-21-16(17)10-14(11-23-21)13-7-8-13/h4-6,10-13,25H,2-3,7-9H2,1H3,(H,23,24). The lowest BCUT2D eigenvalue weighted by molar-refractivity contribution is -0.626. The molecule has 2 heterocycles. The number of rotatable bonds is 8. The Labute approximate surface area is 173 Å². The quantitative estimate of drug-likeness (QED) is 0.421. The van der Waals surface area contributed by atoms with Gasteiger partial charge in [-0.05, 0) is 42.9 Å². The van der Waals surface area contributed by atoms with Gasteiger partial charge in [0.1, 0.15) is 11.4 Å². The summed E-state index contributed by atoms with van der Waals surface area (Å²) in [6, 6.07) is 5.55. The van der Waals surface area contributed by atoms with Crippen LogP contribution in [0.4, 0.5) is 10.1 Å². The first-order valence-electron chi connectivity index (χ1n) is 9.90. The highest BCUT2D eigenvalue weighted by atomic mass is 32.2. The van der Waals surface area contributed by atoms with E-state index in [0.717, 1.165) is 24.5 Å². The number of aromatic amines is 1. The minimum absolute atomic E-state index is 0.234. The highest BCUT2D eigenvalue weighted by molar-refractivity contribution is 7.85. The lowest BCUT2D eigenvalue weighted by Gasteiger charge is -2.21. The van der Waals surface area contributed by atoms with Crippen molar-refractivity contribution in [3.63, 3.8) is 0 Å². The molecule has 1 fully saturated rings. The van der Waals surface area contributed by atoms with Crippen molar-refractivity contribution in [3.05, 3.63) is 64.4 Å². The average molecular weight is 431 g/mol. The van der Waals surface area contributed by atoms with Crippen LogP contribution in [0.1, 0.15) is 60.0 Å². The molecule has 4 rings (SSSR count). The molecule has 0 radical (unpaired) electrons. The lowest BCUT2D eigenvalue weighted by atomic mass is 10.0. The number of benzene rings is 1. The lowest BCUT2D eigenvalue weighted by Crippen LogP contribution is -3.05. The van der Waals surface area contributed by atoms with Gasteiger partial charge in [0, 0.05) is 29.4 Å². The predicted octanol–water partition coefficient (Wildman–Crippen LogP) is 2.95. The molecule has 0 saturated heterocycles. The fraction of sp³-hybridized carbons (Fsp3) is 0.333. The first kappa shape index (κ1) is 20.6. The fourth-order valence-electron chi connectivity index (χ4n) is 3.45. The number of hydrogen-bond donors (Lipinski definition) is 2. The first-order valence-corrected chi connectivity index (χ1v) is 11.6. The van der Waals surface area contributed by atoms with Gasteiger partial charge < -0.3 is 10.2 Å². The van der Waals surface area contributed by atoms with Crippen LogP contribution < -0.4 is 4.47 Å². The van der Waals surface area contributed by atoms with Crippen molar-refractivity contribution in [2.75, 3.05) is 5.75 Å². The molecule has 1 aliphatic carbocycles. The topological polar surface area (TPSA) is 107 Å². The third kappa shape index (κ3) is 3.76. The SMILES string of the molecule is CCCCS(=O)(=O)[NH+]([O-])c1cccc(C(=O)c2c[nH]c3ncc(C4CC4)cc23)c1F. The van der Waals surface area contributed by atoms with Gasteiger partial charge in [-0.1, -0.05) is 19.4 Å². The van der Waals surface area contributed by atoms with E-state index in [-0.39, 0.29) is 16.9 Å². The Morgan fingerprint density at radius 1 is 1.33 bits per heavy atom. The van der Waals surface area contributed by atoms with Gasteiger partial charge >= 0.3 is 0 Å². The molecule has 1 aliphatic rings. The van der Waals surface area contributed by atoms with E-state index in [2.05, 4.69) is 9.97 Å². The molecule has 1 aromatic carbocycles. The molecule has 0 spiro atoms. The van der Waals surface area contributed by atoms with Gasteiger partial charge in [0.05, 0.1) is 5.56 Å². The number of ketones is 1. The number of quaternary nitrogens is 1. The average Bonchev–Trinajstić information content (AvgIpc) is 3.50. The second-order valence-electron chi connectivity index (χ2n) is 7.60. The smallest absolute Gasteiger partial charge is 0.300 e. The van der Waals surface area contributed by atoms with Crippen molar-refractivity contribution in [2.24, 2.45) is 0 Å². The van der Waals surface area contributed by atoms with Crippen LogP contribution >= 0.6 is 0 Å². The Morgan fingerprint density at radius 3 is 2.80 bits per heavy atom. The second kappa shape index (κ2) is 7.90. The molecule has 1 atom stereocenters. The van der Waals surface area contributed by atoms with Crippen molar-refractivity contribution in [3.8, 4) is 0 Å². The van der Waals surface area contributed by atoms with Gasteiger partial charge in [-0.15, -0.1) is 0 Å². The third-order valence-electron chi connectivity index (χ3n) is 5.36. The van der Waals surface area contributed by atoms with Crippen LogP contribution in [0.15, 0.2) is 36.7 Å². The maximum absolute atomic E-state index is 15.1. The number of carbonyl (C=O) groups excluding carboxylic acids is 1. The van der Waals surface area contributed by atoms with Crippen LogP contribution in [0, 0.1) is 11.0 Å². The minimum atomic E-state index is -4.14. The van der Waals surface area contributed by atoms with E-state index in [1.807, 2.05) is 6.07 Å². The van der Waals surface area contributed by atoms with Crippen molar-refractivity contribution in [2.45, 2.75) is 38.5 Å². The molecule has 7 nitrogen and oxygen atoms in total. The molecule has 0 amide bonds. The summed E-state index contributed by atoms with van der Waals surface area (Å²) in [7, 11) is -4.14. The Hall–Kier alpha value is -2.62. The van der Waals surface area contributed by atoms with Crippen LogP contribution in [0.3, 0.4) is 0 Å². The van der Waals surface area contributed by atoms with Crippen LogP contribution in [0.5, 0.6) is 0 Å². The van der Waals surface area contributed by atoms with E-state index in [9.17, 15) is 18.4 Å². The summed E-state index contributed by atoms with van der Waals surface area (Å²) in [6.45, 7) is 1.80. The normalized spacial score (nSPS) is 15.4. The van der Waals surface area contributed by atoms with Gasteiger partial charge in [0.25, 0.3) is 10.0 Å². The van der Waals surface area contributed by atoms with Gasteiger partial charge in [0.15, 0.2) is 17.3 Å². The number of H-pyrrole nitrogens is 1.